The molecule has 3 rings (SSSR count). The van der Waals surface area contributed by atoms with Crippen LogP contribution < -0.4 is 5.32 Å². The minimum atomic E-state index is 0.609. The van der Waals surface area contributed by atoms with Crippen LogP contribution >= 0.6 is 0 Å². The smallest absolute Gasteiger partial charge is 0.00175 e. The van der Waals surface area contributed by atoms with E-state index >= 15 is 0 Å². The molecule has 1 N–H and O–H groups in total. The van der Waals surface area contributed by atoms with E-state index in [0.717, 1.165) is 12.5 Å². The van der Waals surface area contributed by atoms with Gasteiger partial charge in [0, 0.05) is 6.54 Å². The van der Waals surface area contributed by atoms with Crippen LogP contribution in [0.5, 0.6) is 0 Å². The van der Waals surface area contributed by atoms with Gasteiger partial charge in [0.05, 0.1) is 0 Å². The van der Waals surface area contributed by atoms with Crippen LogP contribution in [0, 0.1) is 0 Å². The Morgan fingerprint density at radius 2 is 2.14 bits per heavy atom. The summed E-state index contributed by atoms with van der Waals surface area (Å²) >= 11 is 0. The lowest BCUT2D eigenvalue weighted by Crippen LogP contribution is -2.15. The van der Waals surface area contributed by atoms with Crippen molar-refractivity contribution >= 4 is 0 Å². The summed E-state index contributed by atoms with van der Waals surface area (Å²) in [6.07, 6.45) is 4.22. The summed E-state index contributed by atoms with van der Waals surface area (Å²) in [5, 5.41) is 3.32. The van der Waals surface area contributed by atoms with Gasteiger partial charge in [0.15, 0.2) is 0 Å². The van der Waals surface area contributed by atoms with Crippen molar-refractivity contribution in [2.45, 2.75) is 30.6 Å². The average molecular weight is 187 g/mol. The van der Waals surface area contributed by atoms with Crippen molar-refractivity contribution in [2.24, 2.45) is 0 Å². The van der Waals surface area contributed by atoms with E-state index < -0.39 is 0 Å². The molecule has 1 aromatic rings. The summed E-state index contributed by atoms with van der Waals surface area (Å²) in [5.41, 5.74) is 3.87. The van der Waals surface area contributed by atoms with Crippen LogP contribution in [0.4, 0.5) is 0 Å². The van der Waals surface area contributed by atoms with E-state index in [4.69, 9.17) is 0 Å². The lowest BCUT2D eigenvalue weighted by Gasteiger charge is -2.10. The molecule has 2 aliphatic rings. The number of likely N-dealkylation sites (N-methyl/N-ethyl adjacent to an activating group) is 1. The van der Waals surface area contributed by atoms with Crippen molar-refractivity contribution in [3.8, 4) is 0 Å². The first kappa shape index (κ1) is 8.49. The normalized spacial score (nSPS) is 26.5. The van der Waals surface area contributed by atoms with Gasteiger partial charge in [-0.1, -0.05) is 24.3 Å². The molecule has 0 radical (unpaired) electrons. The molecule has 0 aliphatic heterocycles. The number of hydrogen-bond donors (Lipinski definition) is 1. The molecule has 0 amide bonds. The summed E-state index contributed by atoms with van der Waals surface area (Å²) in [6, 6.07) is 9.05. The van der Waals surface area contributed by atoms with E-state index in [2.05, 4.69) is 36.6 Å². The fourth-order valence-corrected chi connectivity index (χ4v) is 3.08. The van der Waals surface area contributed by atoms with Gasteiger partial charge in [-0.2, -0.15) is 0 Å². The van der Waals surface area contributed by atoms with Gasteiger partial charge in [-0.05, 0) is 48.8 Å². The van der Waals surface area contributed by atoms with E-state index in [0.29, 0.717) is 5.41 Å². The molecule has 1 aromatic carbocycles. The lowest BCUT2D eigenvalue weighted by atomic mass is 9.98. The van der Waals surface area contributed by atoms with Gasteiger partial charge >= 0.3 is 0 Å². The fraction of sp³-hybridized carbons (Fsp3) is 0.538. The maximum absolute atomic E-state index is 3.32. The Balaban J connectivity index is 2.01. The highest BCUT2D eigenvalue weighted by Crippen LogP contribution is 2.60. The molecule has 0 aromatic heterocycles. The van der Waals surface area contributed by atoms with Gasteiger partial charge in [-0.15, -0.1) is 0 Å². The first-order chi connectivity index (χ1) is 6.86. The molecule has 1 fully saturated rings. The second-order valence-corrected chi connectivity index (χ2v) is 4.83. The summed E-state index contributed by atoms with van der Waals surface area (Å²) in [4.78, 5) is 0. The molecule has 1 spiro atoms. The van der Waals surface area contributed by atoms with Crippen LogP contribution in [-0.2, 0) is 5.41 Å². The zero-order chi connectivity index (χ0) is 9.60. The SMILES string of the molecule is CNCC1CC2(CC2)c2ccccc21. The number of hydrogen-bond acceptors (Lipinski definition) is 1. The van der Waals surface area contributed by atoms with E-state index in [1.807, 2.05) is 0 Å². The predicted molar refractivity (Wildman–Crippen MR) is 58.6 cm³/mol. The summed E-state index contributed by atoms with van der Waals surface area (Å²) in [5.74, 6) is 0.763. The van der Waals surface area contributed by atoms with Gasteiger partial charge in [0.25, 0.3) is 0 Å². The Labute approximate surface area is 85.5 Å². The molecular formula is C13H17N. The third-order valence-electron chi connectivity index (χ3n) is 3.91. The van der Waals surface area contributed by atoms with Crippen molar-refractivity contribution in [3.63, 3.8) is 0 Å². The van der Waals surface area contributed by atoms with Crippen molar-refractivity contribution in [3.05, 3.63) is 35.4 Å². The molecule has 1 heteroatoms. The number of rotatable bonds is 2. The van der Waals surface area contributed by atoms with E-state index in [1.165, 1.54) is 19.3 Å². The zero-order valence-electron chi connectivity index (χ0n) is 8.72. The van der Waals surface area contributed by atoms with Gasteiger partial charge in [0.2, 0.25) is 0 Å². The highest BCUT2D eigenvalue weighted by Gasteiger charge is 2.51. The monoisotopic (exact) mass is 187 g/mol. The first-order valence-corrected chi connectivity index (χ1v) is 5.60. The van der Waals surface area contributed by atoms with E-state index in [9.17, 15) is 0 Å². The van der Waals surface area contributed by atoms with Gasteiger partial charge in [-0.3, -0.25) is 0 Å². The zero-order valence-corrected chi connectivity index (χ0v) is 8.72. The Morgan fingerprint density at radius 3 is 2.86 bits per heavy atom. The van der Waals surface area contributed by atoms with Crippen molar-refractivity contribution in [1.29, 1.82) is 0 Å². The summed E-state index contributed by atoms with van der Waals surface area (Å²) in [6.45, 7) is 1.14. The Morgan fingerprint density at radius 1 is 1.36 bits per heavy atom. The molecule has 1 unspecified atom stereocenters. The molecule has 0 heterocycles. The second-order valence-electron chi connectivity index (χ2n) is 4.83. The van der Waals surface area contributed by atoms with Crippen LogP contribution in [0.15, 0.2) is 24.3 Å². The maximum Gasteiger partial charge on any atom is 0.00175 e. The van der Waals surface area contributed by atoms with E-state index in [-0.39, 0.29) is 0 Å². The highest BCUT2D eigenvalue weighted by molar-refractivity contribution is 5.46. The molecule has 0 saturated heterocycles. The fourth-order valence-electron chi connectivity index (χ4n) is 3.08. The molecular weight excluding hydrogens is 170 g/mol. The molecule has 74 valence electrons. The minimum absolute atomic E-state index is 0.609. The first-order valence-electron chi connectivity index (χ1n) is 5.60. The topological polar surface area (TPSA) is 12.0 Å². The average Bonchev–Trinajstić information content (AvgIpc) is 2.91. The number of fused-ring (bicyclic) bond motifs is 2. The van der Waals surface area contributed by atoms with Crippen LogP contribution in [0.3, 0.4) is 0 Å². The minimum Gasteiger partial charge on any atom is -0.319 e. The predicted octanol–water partition coefficient (Wildman–Crippen LogP) is 2.42. The quantitative estimate of drug-likeness (QED) is 0.749. The van der Waals surface area contributed by atoms with Crippen molar-refractivity contribution < 1.29 is 0 Å². The molecule has 0 bridgehead atoms. The van der Waals surface area contributed by atoms with Gasteiger partial charge in [0.1, 0.15) is 0 Å². The Hall–Kier alpha value is -0.820. The second kappa shape index (κ2) is 2.83. The van der Waals surface area contributed by atoms with Gasteiger partial charge in [-0.25, -0.2) is 0 Å². The molecule has 14 heavy (non-hydrogen) atoms. The van der Waals surface area contributed by atoms with Gasteiger partial charge < -0.3 is 5.32 Å². The van der Waals surface area contributed by atoms with Crippen LogP contribution in [0.1, 0.15) is 36.3 Å². The largest absolute Gasteiger partial charge is 0.319 e. The van der Waals surface area contributed by atoms with Crippen molar-refractivity contribution in [1.82, 2.24) is 5.32 Å². The molecule has 1 atom stereocenters. The molecule has 1 saturated carbocycles. The van der Waals surface area contributed by atoms with Crippen LogP contribution in [-0.4, -0.2) is 13.6 Å². The lowest BCUT2D eigenvalue weighted by molar-refractivity contribution is 0.556. The number of benzene rings is 1. The summed E-state index contributed by atoms with van der Waals surface area (Å²) in [7, 11) is 2.06. The molecule has 2 aliphatic carbocycles. The number of nitrogens with one attached hydrogen (secondary N) is 1. The molecule has 1 nitrogen and oxygen atoms in total. The van der Waals surface area contributed by atoms with Crippen LogP contribution in [0.2, 0.25) is 0 Å². The maximum atomic E-state index is 3.32. The third kappa shape index (κ3) is 1.05. The van der Waals surface area contributed by atoms with E-state index in [1.54, 1.807) is 11.1 Å². The Bertz CT molecular complexity index is 352. The van der Waals surface area contributed by atoms with Crippen molar-refractivity contribution in [2.75, 3.05) is 13.6 Å². The standard InChI is InChI=1S/C13H17N/c1-14-9-10-8-13(6-7-13)12-5-3-2-4-11(10)12/h2-5,10,14H,6-9H2,1H3. The van der Waals surface area contributed by atoms with Crippen LogP contribution in [0.25, 0.3) is 0 Å². The summed E-state index contributed by atoms with van der Waals surface area (Å²) < 4.78 is 0. The third-order valence-corrected chi connectivity index (χ3v) is 3.91. The highest BCUT2D eigenvalue weighted by atomic mass is 14.8. The Kier molecular flexibility index (Phi) is 1.72.